The van der Waals surface area contributed by atoms with Crippen molar-refractivity contribution in [1.29, 1.82) is 0 Å². The van der Waals surface area contributed by atoms with Crippen molar-refractivity contribution in [3.63, 3.8) is 0 Å². The van der Waals surface area contributed by atoms with Gasteiger partial charge in [-0.3, -0.25) is 14.4 Å². The van der Waals surface area contributed by atoms with Crippen molar-refractivity contribution in [2.45, 2.75) is 20.3 Å². The highest BCUT2D eigenvalue weighted by Crippen LogP contribution is 1.92. The van der Waals surface area contributed by atoms with Gasteiger partial charge in [0.25, 0.3) is 5.91 Å². The zero-order valence-electron chi connectivity index (χ0n) is 10.5. The molecular weight excluding hydrogens is 234 g/mol. The summed E-state index contributed by atoms with van der Waals surface area (Å²) in [5.41, 5.74) is 0.414. The highest BCUT2D eigenvalue weighted by molar-refractivity contribution is 5.94. The SMILES string of the molecule is CCNC(=O)CCNC(=O)c1c[nH]c(C)cc1=O. The molecule has 1 aromatic heterocycles. The maximum absolute atomic E-state index is 11.7. The quantitative estimate of drug-likeness (QED) is 0.684. The fraction of sp³-hybridized carbons (Fsp3) is 0.417. The lowest BCUT2D eigenvalue weighted by Crippen LogP contribution is -2.33. The molecule has 3 N–H and O–H groups in total. The summed E-state index contributed by atoms with van der Waals surface area (Å²) in [7, 11) is 0. The predicted molar refractivity (Wildman–Crippen MR) is 67.4 cm³/mol. The second kappa shape index (κ2) is 6.58. The van der Waals surface area contributed by atoms with E-state index in [1.54, 1.807) is 6.92 Å². The van der Waals surface area contributed by atoms with E-state index in [4.69, 9.17) is 0 Å². The maximum Gasteiger partial charge on any atom is 0.256 e. The lowest BCUT2D eigenvalue weighted by Gasteiger charge is -2.05. The second-order valence-corrected chi connectivity index (χ2v) is 3.85. The van der Waals surface area contributed by atoms with Gasteiger partial charge in [0, 0.05) is 37.5 Å². The van der Waals surface area contributed by atoms with E-state index >= 15 is 0 Å². The van der Waals surface area contributed by atoms with E-state index in [-0.39, 0.29) is 29.9 Å². The molecule has 0 atom stereocenters. The molecule has 0 saturated heterocycles. The topological polar surface area (TPSA) is 91.1 Å². The zero-order valence-corrected chi connectivity index (χ0v) is 10.5. The van der Waals surface area contributed by atoms with Crippen molar-refractivity contribution in [3.8, 4) is 0 Å². The van der Waals surface area contributed by atoms with Crippen molar-refractivity contribution < 1.29 is 9.59 Å². The van der Waals surface area contributed by atoms with Crippen LogP contribution in [0, 0.1) is 6.92 Å². The van der Waals surface area contributed by atoms with Gasteiger partial charge in [0.05, 0.1) is 0 Å². The van der Waals surface area contributed by atoms with Gasteiger partial charge in [0.2, 0.25) is 5.91 Å². The maximum atomic E-state index is 11.7. The first-order chi connectivity index (χ1) is 8.54. The molecule has 0 aliphatic carbocycles. The Balaban J connectivity index is 2.51. The summed E-state index contributed by atoms with van der Waals surface area (Å²) in [4.78, 5) is 37.1. The van der Waals surface area contributed by atoms with Gasteiger partial charge in [-0.15, -0.1) is 0 Å². The van der Waals surface area contributed by atoms with Crippen LogP contribution in [0.5, 0.6) is 0 Å². The molecule has 0 aliphatic heterocycles. The zero-order chi connectivity index (χ0) is 13.5. The molecule has 0 radical (unpaired) electrons. The van der Waals surface area contributed by atoms with Crippen molar-refractivity contribution in [2.75, 3.05) is 13.1 Å². The third kappa shape index (κ3) is 4.04. The minimum atomic E-state index is -0.472. The number of pyridine rings is 1. The van der Waals surface area contributed by atoms with Crippen LogP contribution in [0.15, 0.2) is 17.1 Å². The summed E-state index contributed by atoms with van der Waals surface area (Å²) >= 11 is 0. The highest BCUT2D eigenvalue weighted by Gasteiger charge is 2.10. The molecule has 0 unspecified atom stereocenters. The average molecular weight is 251 g/mol. The Morgan fingerprint density at radius 1 is 1.33 bits per heavy atom. The van der Waals surface area contributed by atoms with E-state index < -0.39 is 5.91 Å². The van der Waals surface area contributed by atoms with Crippen LogP contribution in [0.25, 0.3) is 0 Å². The molecule has 1 aromatic rings. The fourth-order valence-electron chi connectivity index (χ4n) is 1.42. The molecule has 6 nitrogen and oxygen atoms in total. The van der Waals surface area contributed by atoms with Crippen LogP contribution in [0.2, 0.25) is 0 Å². The molecule has 0 fully saturated rings. The van der Waals surface area contributed by atoms with Crippen LogP contribution in [0.4, 0.5) is 0 Å². The van der Waals surface area contributed by atoms with Crippen LogP contribution in [0.3, 0.4) is 0 Å². The predicted octanol–water partition coefficient (Wildman–Crippen LogP) is -0.0607. The van der Waals surface area contributed by atoms with E-state index in [2.05, 4.69) is 15.6 Å². The van der Waals surface area contributed by atoms with E-state index in [1.165, 1.54) is 12.3 Å². The highest BCUT2D eigenvalue weighted by atomic mass is 16.2. The number of nitrogens with one attached hydrogen (secondary N) is 3. The summed E-state index contributed by atoms with van der Waals surface area (Å²) in [6, 6.07) is 1.36. The molecule has 6 heteroatoms. The van der Waals surface area contributed by atoms with Gasteiger partial charge < -0.3 is 15.6 Å². The number of hydrogen-bond donors (Lipinski definition) is 3. The van der Waals surface area contributed by atoms with Gasteiger partial charge in [-0.2, -0.15) is 0 Å². The Kier molecular flexibility index (Phi) is 5.10. The van der Waals surface area contributed by atoms with Crippen LogP contribution < -0.4 is 16.1 Å². The largest absolute Gasteiger partial charge is 0.364 e. The van der Waals surface area contributed by atoms with E-state index in [0.717, 1.165) is 0 Å². The second-order valence-electron chi connectivity index (χ2n) is 3.85. The van der Waals surface area contributed by atoms with Gasteiger partial charge >= 0.3 is 0 Å². The Bertz CT molecular complexity index is 494. The van der Waals surface area contributed by atoms with Crippen molar-refractivity contribution in [2.24, 2.45) is 0 Å². The molecule has 18 heavy (non-hydrogen) atoms. The minimum Gasteiger partial charge on any atom is -0.364 e. The first-order valence-corrected chi connectivity index (χ1v) is 5.78. The molecule has 0 bridgehead atoms. The first kappa shape index (κ1) is 14.0. The van der Waals surface area contributed by atoms with Crippen LogP contribution in [0.1, 0.15) is 29.4 Å². The van der Waals surface area contributed by atoms with Gasteiger partial charge in [-0.25, -0.2) is 0 Å². The Morgan fingerprint density at radius 3 is 2.67 bits per heavy atom. The summed E-state index contributed by atoms with van der Waals surface area (Å²) in [5, 5.41) is 5.15. The number of aromatic nitrogens is 1. The summed E-state index contributed by atoms with van der Waals surface area (Å²) in [6.07, 6.45) is 1.57. The number of rotatable bonds is 5. The van der Waals surface area contributed by atoms with Crippen molar-refractivity contribution >= 4 is 11.8 Å². The lowest BCUT2D eigenvalue weighted by molar-refractivity contribution is -0.120. The molecule has 1 rings (SSSR count). The number of hydrogen-bond acceptors (Lipinski definition) is 3. The van der Waals surface area contributed by atoms with E-state index in [1.807, 2.05) is 6.92 Å². The standard InChI is InChI=1S/C12H17N3O3/c1-3-13-11(17)4-5-14-12(18)9-7-15-8(2)6-10(9)16/h6-7H,3-5H2,1-2H3,(H,13,17)(H,14,18)(H,15,16). The molecule has 0 spiro atoms. The van der Waals surface area contributed by atoms with Crippen molar-refractivity contribution in [3.05, 3.63) is 33.7 Å². The molecule has 0 saturated carbocycles. The molecular formula is C12H17N3O3. The monoisotopic (exact) mass is 251 g/mol. The number of carbonyl (C=O) groups is 2. The summed E-state index contributed by atoms with van der Waals surface area (Å²) in [6.45, 7) is 4.32. The van der Waals surface area contributed by atoms with Crippen LogP contribution in [-0.2, 0) is 4.79 Å². The smallest absolute Gasteiger partial charge is 0.256 e. The molecule has 1 heterocycles. The fourth-order valence-corrected chi connectivity index (χ4v) is 1.42. The van der Waals surface area contributed by atoms with Gasteiger partial charge in [-0.05, 0) is 13.8 Å². The number of carbonyl (C=O) groups excluding carboxylic acids is 2. The van der Waals surface area contributed by atoms with E-state index in [9.17, 15) is 14.4 Å². The normalized spacial score (nSPS) is 9.89. The average Bonchev–Trinajstić information content (AvgIpc) is 2.29. The molecule has 0 aromatic carbocycles. The summed E-state index contributed by atoms with van der Waals surface area (Å²) < 4.78 is 0. The minimum absolute atomic E-state index is 0.0523. The Labute approximate surface area is 105 Å². The number of aromatic amines is 1. The number of H-pyrrole nitrogens is 1. The van der Waals surface area contributed by atoms with Gasteiger partial charge in [0.15, 0.2) is 5.43 Å². The third-order valence-corrected chi connectivity index (χ3v) is 2.31. The van der Waals surface area contributed by atoms with Gasteiger partial charge in [0.1, 0.15) is 5.56 Å². The summed E-state index contributed by atoms with van der Waals surface area (Å²) in [5.74, 6) is -0.601. The number of amides is 2. The molecule has 2 amide bonds. The lowest BCUT2D eigenvalue weighted by atomic mass is 10.2. The molecule has 98 valence electrons. The first-order valence-electron chi connectivity index (χ1n) is 5.78. The van der Waals surface area contributed by atoms with E-state index in [0.29, 0.717) is 12.2 Å². The van der Waals surface area contributed by atoms with Crippen LogP contribution >= 0.6 is 0 Å². The van der Waals surface area contributed by atoms with Crippen LogP contribution in [-0.4, -0.2) is 29.9 Å². The Hall–Kier alpha value is -2.11. The molecule has 0 aliphatic rings. The Morgan fingerprint density at radius 2 is 2.06 bits per heavy atom. The third-order valence-electron chi connectivity index (χ3n) is 2.31. The number of aryl methyl sites for hydroxylation is 1. The van der Waals surface area contributed by atoms with Crippen molar-refractivity contribution in [1.82, 2.24) is 15.6 Å². The van der Waals surface area contributed by atoms with Gasteiger partial charge in [-0.1, -0.05) is 0 Å².